The fourth-order valence-corrected chi connectivity index (χ4v) is 2.67. The minimum Gasteiger partial charge on any atom is -0.342 e. The number of aromatic nitrogens is 1. The number of benzene rings is 1. The lowest BCUT2D eigenvalue weighted by Crippen LogP contribution is -2.15. The number of ketones is 1. The predicted octanol–water partition coefficient (Wildman–Crippen LogP) is 4.90. The van der Waals surface area contributed by atoms with Gasteiger partial charge in [-0.3, -0.25) is 15.0 Å². The summed E-state index contributed by atoms with van der Waals surface area (Å²) in [5.74, 6) is 1.15. The molecule has 2 aromatic rings. The van der Waals surface area contributed by atoms with Crippen molar-refractivity contribution in [3.05, 3.63) is 58.3 Å². The van der Waals surface area contributed by atoms with Crippen molar-refractivity contribution >= 4 is 38.9 Å². The van der Waals surface area contributed by atoms with Crippen LogP contribution in [-0.2, 0) is 4.79 Å². The highest BCUT2D eigenvalue weighted by atomic mass is 79.9. The number of rotatable bonds is 4. The molecule has 142 valence electrons. The maximum atomic E-state index is 9.81. The van der Waals surface area contributed by atoms with Crippen molar-refractivity contribution in [3.63, 3.8) is 0 Å². The van der Waals surface area contributed by atoms with Gasteiger partial charge in [-0.05, 0) is 43.7 Å². The Kier molecular flexibility index (Phi) is 8.33. The molecule has 1 N–H and O–H groups in total. The lowest BCUT2D eigenvalue weighted by Gasteiger charge is -2.11. The van der Waals surface area contributed by atoms with Crippen LogP contribution in [-0.4, -0.2) is 35.4 Å². The monoisotopic (exact) mass is 428 g/mol. The molecule has 27 heavy (non-hydrogen) atoms. The molecule has 0 spiro atoms. The molecule has 1 aliphatic heterocycles. The zero-order chi connectivity index (χ0) is 19.6. The van der Waals surface area contributed by atoms with Gasteiger partial charge < -0.3 is 10.1 Å². The second kappa shape index (κ2) is 10.7. The van der Waals surface area contributed by atoms with Crippen LogP contribution in [0.3, 0.4) is 0 Å². The van der Waals surface area contributed by atoms with Crippen molar-refractivity contribution in [1.82, 2.24) is 4.98 Å². The molecule has 0 saturated carbocycles. The highest BCUT2D eigenvalue weighted by molar-refractivity contribution is 9.10. The Morgan fingerprint density at radius 1 is 1.26 bits per heavy atom. The molecule has 3 rings (SSSR count). The van der Waals surface area contributed by atoms with Crippen LogP contribution in [0.4, 0.5) is 5.69 Å². The molecule has 0 aliphatic carbocycles. The number of amidine groups is 1. The Morgan fingerprint density at radius 3 is 2.67 bits per heavy atom. The van der Waals surface area contributed by atoms with Crippen molar-refractivity contribution in [2.24, 2.45) is 9.98 Å². The van der Waals surface area contributed by atoms with E-state index in [1.165, 1.54) is 0 Å². The van der Waals surface area contributed by atoms with Gasteiger partial charge in [-0.15, -0.1) is 0 Å². The van der Waals surface area contributed by atoms with E-state index in [2.05, 4.69) is 44.2 Å². The molecule has 0 unspecified atom stereocenters. The zero-order valence-electron chi connectivity index (χ0n) is 16.0. The Morgan fingerprint density at radius 2 is 2.04 bits per heavy atom. The molecule has 0 atom stereocenters. The quantitative estimate of drug-likeness (QED) is 0.752. The van der Waals surface area contributed by atoms with E-state index in [-0.39, 0.29) is 5.78 Å². The predicted molar refractivity (Wildman–Crippen MR) is 116 cm³/mol. The number of hydrogen-bond donors (Lipinski definition) is 1. The van der Waals surface area contributed by atoms with Crippen LogP contribution in [0.25, 0.3) is 0 Å². The standard InChI is InChI=1S/C17H17BrN4.C4H8O/c1-2-8-20-16-11-21-17(15-5-3-4-9-19-15)13-10-12(18)6-7-14(13)22-16;1-3-4(2)5/h3-7,9-10H,2,8,11H2,1H3,(H,20,22);3H2,1-2H3. The highest BCUT2D eigenvalue weighted by Crippen LogP contribution is 2.25. The molecule has 6 heteroatoms. The van der Waals surface area contributed by atoms with Crippen molar-refractivity contribution in [2.45, 2.75) is 33.6 Å². The third-order valence-corrected chi connectivity index (χ3v) is 4.33. The second-order valence-electron chi connectivity index (χ2n) is 6.08. The third kappa shape index (κ3) is 6.40. The number of aliphatic imine (C=N–C) groups is 2. The summed E-state index contributed by atoms with van der Waals surface area (Å²) in [7, 11) is 0. The highest BCUT2D eigenvalue weighted by Gasteiger charge is 2.18. The normalized spacial score (nSPS) is 14.2. The van der Waals surface area contributed by atoms with Gasteiger partial charge in [0.15, 0.2) is 0 Å². The van der Waals surface area contributed by atoms with Crippen LogP contribution in [0.1, 0.15) is 44.9 Å². The first kappa shape index (κ1) is 21.0. The average Bonchev–Trinajstić information content (AvgIpc) is 2.86. The van der Waals surface area contributed by atoms with E-state index in [9.17, 15) is 4.79 Å². The smallest absolute Gasteiger partial charge is 0.129 e. The van der Waals surface area contributed by atoms with E-state index in [0.29, 0.717) is 13.0 Å². The minimum atomic E-state index is 0.255. The summed E-state index contributed by atoms with van der Waals surface area (Å²) in [5.41, 5.74) is 3.82. The maximum Gasteiger partial charge on any atom is 0.129 e. The van der Waals surface area contributed by atoms with Gasteiger partial charge in [-0.1, -0.05) is 35.8 Å². The number of anilines is 1. The average molecular weight is 429 g/mol. The number of pyridine rings is 1. The van der Waals surface area contributed by atoms with Gasteiger partial charge in [0.05, 0.1) is 18.0 Å². The Labute approximate surface area is 169 Å². The first-order valence-electron chi connectivity index (χ1n) is 9.10. The lowest BCUT2D eigenvalue weighted by molar-refractivity contribution is -0.116. The van der Waals surface area contributed by atoms with Crippen molar-refractivity contribution in [2.75, 3.05) is 18.4 Å². The molecule has 0 radical (unpaired) electrons. The van der Waals surface area contributed by atoms with Crippen LogP contribution >= 0.6 is 15.9 Å². The molecule has 2 heterocycles. The number of carbonyl (C=O) groups is 1. The van der Waals surface area contributed by atoms with E-state index in [0.717, 1.165) is 45.9 Å². The summed E-state index contributed by atoms with van der Waals surface area (Å²) >= 11 is 3.54. The number of Topliss-reactive ketones (excluding diaryl/α,β-unsaturated/α-hetero) is 1. The van der Waals surface area contributed by atoms with Gasteiger partial charge in [0.1, 0.15) is 11.6 Å². The topological polar surface area (TPSA) is 66.7 Å². The molecule has 0 fully saturated rings. The summed E-state index contributed by atoms with van der Waals surface area (Å²) in [5, 5.41) is 3.41. The van der Waals surface area contributed by atoms with Crippen LogP contribution in [0.5, 0.6) is 0 Å². The molecule has 1 aromatic heterocycles. The molecular weight excluding hydrogens is 404 g/mol. The number of fused-ring (bicyclic) bond motifs is 1. The van der Waals surface area contributed by atoms with E-state index in [1.807, 2.05) is 37.3 Å². The Balaban J connectivity index is 0.000000465. The van der Waals surface area contributed by atoms with Gasteiger partial charge in [-0.2, -0.15) is 0 Å². The first-order valence-corrected chi connectivity index (χ1v) is 9.90. The molecular formula is C21H25BrN4O. The van der Waals surface area contributed by atoms with E-state index < -0.39 is 0 Å². The Hall–Kier alpha value is -2.34. The molecule has 1 aromatic carbocycles. The third-order valence-electron chi connectivity index (χ3n) is 3.83. The van der Waals surface area contributed by atoms with Crippen molar-refractivity contribution < 1.29 is 4.79 Å². The summed E-state index contributed by atoms with van der Waals surface area (Å²) in [4.78, 5) is 23.6. The molecule has 5 nitrogen and oxygen atoms in total. The Bertz CT molecular complexity index is 831. The van der Waals surface area contributed by atoms with Crippen molar-refractivity contribution in [3.8, 4) is 0 Å². The fourth-order valence-electron chi connectivity index (χ4n) is 2.31. The molecule has 0 amide bonds. The number of benzodiazepines with no additional fused rings is 1. The van der Waals surface area contributed by atoms with Gasteiger partial charge in [0.25, 0.3) is 0 Å². The number of nitrogens with one attached hydrogen (secondary N) is 1. The lowest BCUT2D eigenvalue weighted by atomic mass is 10.0. The summed E-state index contributed by atoms with van der Waals surface area (Å²) in [6, 6.07) is 12.0. The number of halogens is 1. The molecule has 1 aliphatic rings. The van der Waals surface area contributed by atoms with Gasteiger partial charge in [0.2, 0.25) is 0 Å². The van der Waals surface area contributed by atoms with Gasteiger partial charge in [0, 0.05) is 34.9 Å². The zero-order valence-corrected chi connectivity index (χ0v) is 17.6. The van der Waals surface area contributed by atoms with Gasteiger partial charge in [-0.25, -0.2) is 0 Å². The first-order chi connectivity index (χ1) is 13.0. The number of nitrogens with zero attached hydrogens (tertiary/aromatic N) is 3. The van der Waals surface area contributed by atoms with E-state index in [4.69, 9.17) is 4.99 Å². The van der Waals surface area contributed by atoms with Crippen molar-refractivity contribution in [1.29, 1.82) is 0 Å². The molecule has 0 saturated heterocycles. The van der Waals surface area contributed by atoms with E-state index in [1.54, 1.807) is 13.1 Å². The van der Waals surface area contributed by atoms with Gasteiger partial charge >= 0.3 is 0 Å². The fraction of sp³-hybridized carbons (Fsp3) is 0.333. The van der Waals surface area contributed by atoms with E-state index >= 15 is 0 Å². The second-order valence-corrected chi connectivity index (χ2v) is 6.99. The summed E-state index contributed by atoms with van der Waals surface area (Å²) < 4.78 is 1.02. The van der Waals surface area contributed by atoms with Crippen LogP contribution < -0.4 is 5.32 Å². The summed E-state index contributed by atoms with van der Waals surface area (Å²) in [6.07, 6.45) is 3.48. The number of carbonyl (C=O) groups excluding carboxylic acids is 1. The SMILES string of the molecule is CCC(C)=O.CCCN=C1CN=C(c2ccccn2)c2cc(Br)ccc2N1. The maximum absolute atomic E-state index is 9.81. The largest absolute Gasteiger partial charge is 0.342 e. The van der Waals surface area contributed by atoms with Crippen LogP contribution in [0.15, 0.2) is 57.1 Å². The number of hydrogen-bond acceptors (Lipinski definition) is 4. The van der Waals surface area contributed by atoms with Crippen LogP contribution in [0, 0.1) is 0 Å². The summed E-state index contributed by atoms with van der Waals surface area (Å²) in [6.45, 7) is 6.90. The molecule has 0 bridgehead atoms. The minimum absolute atomic E-state index is 0.255. The van der Waals surface area contributed by atoms with Crippen LogP contribution in [0.2, 0.25) is 0 Å².